The van der Waals surface area contributed by atoms with Crippen molar-refractivity contribution >= 4 is 54.8 Å². The van der Waals surface area contributed by atoms with Crippen LogP contribution in [-0.4, -0.2) is 18.0 Å². The lowest BCUT2D eigenvalue weighted by Gasteiger charge is -2.06. The van der Waals surface area contributed by atoms with E-state index >= 15 is 0 Å². The Kier molecular flexibility index (Phi) is 5.25. The third-order valence-electron chi connectivity index (χ3n) is 4.58. The Bertz CT molecular complexity index is 1240. The summed E-state index contributed by atoms with van der Waals surface area (Å²) in [5.41, 5.74) is 10.2. The zero-order chi connectivity index (χ0) is 20.5. The van der Waals surface area contributed by atoms with Gasteiger partial charge in [-0.05, 0) is 55.0 Å². The van der Waals surface area contributed by atoms with Crippen molar-refractivity contribution < 1.29 is 9.53 Å². The van der Waals surface area contributed by atoms with Crippen LogP contribution in [0.2, 0.25) is 0 Å². The van der Waals surface area contributed by atoms with E-state index in [1.165, 1.54) is 11.3 Å². The van der Waals surface area contributed by atoms with Crippen LogP contribution in [0.5, 0.6) is 5.75 Å². The minimum Gasteiger partial charge on any atom is -0.497 e. The Labute approximate surface area is 180 Å². The van der Waals surface area contributed by atoms with E-state index in [0.29, 0.717) is 10.6 Å². The summed E-state index contributed by atoms with van der Waals surface area (Å²) in [6, 6.07) is 17.2. The van der Waals surface area contributed by atoms with Crippen LogP contribution in [0.15, 0.2) is 59.1 Å². The standard InChI is InChI=1S/C22H18BrN3O2S/c1-12-10-14(6-8-17(12)23)25-21(27)20-19(24)16-7-9-18(26-22(16)29-20)13-4-3-5-15(11-13)28-2/h3-11H,24H2,1-2H3,(H,25,27). The smallest absolute Gasteiger partial charge is 0.267 e. The molecule has 0 bridgehead atoms. The maximum absolute atomic E-state index is 12.8. The molecule has 2 aromatic carbocycles. The van der Waals surface area contributed by atoms with Gasteiger partial charge in [0.2, 0.25) is 0 Å². The number of pyridine rings is 1. The molecule has 29 heavy (non-hydrogen) atoms. The first-order chi connectivity index (χ1) is 14.0. The van der Waals surface area contributed by atoms with E-state index in [4.69, 9.17) is 15.5 Å². The van der Waals surface area contributed by atoms with Gasteiger partial charge in [0.25, 0.3) is 5.91 Å². The molecule has 2 heterocycles. The molecule has 7 heteroatoms. The van der Waals surface area contributed by atoms with Crippen molar-refractivity contribution in [3.05, 3.63) is 69.5 Å². The van der Waals surface area contributed by atoms with E-state index in [1.54, 1.807) is 7.11 Å². The Morgan fingerprint density at radius 1 is 1.17 bits per heavy atom. The predicted octanol–water partition coefficient (Wildman–Crippen LogP) is 5.88. The number of halogens is 1. The number of carbonyl (C=O) groups is 1. The van der Waals surface area contributed by atoms with Gasteiger partial charge in [0.1, 0.15) is 15.5 Å². The molecule has 0 saturated heterocycles. The summed E-state index contributed by atoms with van der Waals surface area (Å²) in [5, 5.41) is 3.69. The van der Waals surface area contributed by atoms with Gasteiger partial charge in [-0.1, -0.05) is 28.1 Å². The van der Waals surface area contributed by atoms with Crippen molar-refractivity contribution in [3.8, 4) is 17.0 Å². The van der Waals surface area contributed by atoms with Gasteiger partial charge < -0.3 is 15.8 Å². The molecule has 0 saturated carbocycles. The van der Waals surface area contributed by atoms with Crippen LogP contribution < -0.4 is 15.8 Å². The van der Waals surface area contributed by atoms with E-state index in [9.17, 15) is 4.79 Å². The highest BCUT2D eigenvalue weighted by Gasteiger charge is 2.18. The highest BCUT2D eigenvalue weighted by Crippen LogP contribution is 2.35. The largest absolute Gasteiger partial charge is 0.497 e. The monoisotopic (exact) mass is 467 g/mol. The number of rotatable bonds is 4. The molecule has 5 nitrogen and oxygen atoms in total. The highest BCUT2D eigenvalue weighted by atomic mass is 79.9. The van der Waals surface area contributed by atoms with Crippen LogP contribution in [0, 0.1) is 6.92 Å². The Morgan fingerprint density at radius 2 is 2.00 bits per heavy atom. The normalized spacial score (nSPS) is 10.9. The van der Waals surface area contributed by atoms with Crippen molar-refractivity contribution in [1.82, 2.24) is 4.98 Å². The molecule has 0 aliphatic carbocycles. The van der Waals surface area contributed by atoms with Gasteiger partial charge in [-0.2, -0.15) is 0 Å². The molecule has 0 atom stereocenters. The zero-order valence-electron chi connectivity index (χ0n) is 15.8. The SMILES string of the molecule is COc1cccc(-c2ccc3c(N)c(C(=O)Nc4ccc(Br)c(C)c4)sc3n2)c1. The van der Waals surface area contributed by atoms with Crippen molar-refractivity contribution in [2.45, 2.75) is 6.92 Å². The average molecular weight is 468 g/mol. The first-order valence-electron chi connectivity index (χ1n) is 8.87. The molecule has 0 spiro atoms. The molecule has 4 rings (SSSR count). The topological polar surface area (TPSA) is 77.2 Å². The predicted molar refractivity (Wildman–Crippen MR) is 123 cm³/mol. The number of aryl methyl sites for hydroxylation is 1. The maximum Gasteiger partial charge on any atom is 0.267 e. The number of amides is 1. The molecule has 0 unspecified atom stereocenters. The van der Waals surface area contributed by atoms with Gasteiger partial charge >= 0.3 is 0 Å². The molecule has 0 aliphatic rings. The molecule has 0 aliphatic heterocycles. The quantitative estimate of drug-likeness (QED) is 0.392. The fraction of sp³-hybridized carbons (Fsp3) is 0.0909. The summed E-state index contributed by atoms with van der Waals surface area (Å²) in [4.78, 5) is 18.7. The van der Waals surface area contributed by atoms with Crippen LogP contribution in [0.3, 0.4) is 0 Å². The summed E-state index contributed by atoms with van der Waals surface area (Å²) < 4.78 is 6.28. The second kappa shape index (κ2) is 7.85. The van der Waals surface area contributed by atoms with E-state index < -0.39 is 0 Å². The number of carbonyl (C=O) groups excluding carboxylic acids is 1. The van der Waals surface area contributed by atoms with E-state index in [-0.39, 0.29) is 5.91 Å². The molecular formula is C22H18BrN3O2S. The minimum absolute atomic E-state index is 0.241. The van der Waals surface area contributed by atoms with E-state index in [2.05, 4.69) is 21.2 Å². The lowest BCUT2D eigenvalue weighted by Crippen LogP contribution is -2.12. The summed E-state index contributed by atoms with van der Waals surface area (Å²) in [6.45, 7) is 1.97. The van der Waals surface area contributed by atoms with Crippen LogP contribution in [0.25, 0.3) is 21.5 Å². The first kappa shape index (κ1) is 19.4. The van der Waals surface area contributed by atoms with Gasteiger partial charge in [-0.25, -0.2) is 4.98 Å². The molecule has 2 aromatic heterocycles. The van der Waals surface area contributed by atoms with Gasteiger partial charge in [0.05, 0.1) is 18.5 Å². The molecule has 3 N–H and O–H groups in total. The number of nitrogens with one attached hydrogen (secondary N) is 1. The number of nitrogens with zero attached hydrogens (tertiary/aromatic N) is 1. The summed E-state index contributed by atoms with van der Waals surface area (Å²) >= 11 is 4.75. The highest BCUT2D eigenvalue weighted by molar-refractivity contribution is 9.10. The lowest BCUT2D eigenvalue weighted by atomic mass is 10.1. The van der Waals surface area contributed by atoms with Crippen LogP contribution in [-0.2, 0) is 0 Å². The molecule has 1 amide bonds. The number of anilines is 2. The number of methoxy groups -OCH3 is 1. The number of hydrogen-bond donors (Lipinski definition) is 2. The van der Waals surface area contributed by atoms with Crippen molar-refractivity contribution in [3.63, 3.8) is 0 Å². The number of hydrogen-bond acceptors (Lipinski definition) is 5. The minimum atomic E-state index is -0.241. The molecule has 146 valence electrons. The number of nitrogens with two attached hydrogens (primary N) is 1. The Morgan fingerprint density at radius 3 is 2.76 bits per heavy atom. The van der Waals surface area contributed by atoms with Crippen LogP contribution in [0.1, 0.15) is 15.2 Å². The van der Waals surface area contributed by atoms with Gasteiger partial charge in [0, 0.05) is 21.1 Å². The van der Waals surface area contributed by atoms with E-state index in [1.807, 2.05) is 61.5 Å². The Balaban J connectivity index is 1.67. The zero-order valence-corrected chi connectivity index (χ0v) is 18.2. The maximum atomic E-state index is 12.8. The number of thiophene rings is 1. The van der Waals surface area contributed by atoms with Gasteiger partial charge in [-0.3, -0.25) is 4.79 Å². The number of benzene rings is 2. The van der Waals surface area contributed by atoms with E-state index in [0.717, 1.165) is 42.9 Å². The molecule has 4 aromatic rings. The summed E-state index contributed by atoms with van der Waals surface area (Å²) in [5.74, 6) is 0.523. The molecular weight excluding hydrogens is 450 g/mol. The third kappa shape index (κ3) is 3.83. The number of fused-ring (bicyclic) bond motifs is 1. The van der Waals surface area contributed by atoms with Crippen molar-refractivity contribution in [1.29, 1.82) is 0 Å². The van der Waals surface area contributed by atoms with Crippen molar-refractivity contribution in [2.24, 2.45) is 0 Å². The number of nitrogen functional groups attached to an aromatic ring is 1. The van der Waals surface area contributed by atoms with Crippen molar-refractivity contribution in [2.75, 3.05) is 18.2 Å². The van der Waals surface area contributed by atoms with Gasteiger partial charge in [0.15, 0.2) is 0 Å². The number of aromatic nitrogens is 1. The average Bonchev–Trinajstić information content (AvgIpc) is 3.07. The van der Waals surface area contributed by atoms with Crippen LogP contribution in [0.4, 0.5) is 11.4 Å². The molecule has 0 radical (unpaired) electrons. The first-order valence-corrected chi connectivity index (χ1v) is 10.5. The lowest BCUT2D eigenvalue weighted by molar-refractivity contribution is 0.103. The van der Waals surface area contributed by atoms with Crippen LogP contribution >= 0.6 is 27.3 Å². The summed E-state index contributed by atoms with van der Waals surface area (Å²) in [7, 11) is 1.63. The second-order valence-corrected chi connectivity index (χ2v) is 8.40. The summed E-state index contributed by atoms with van der Waals surface area (Å²) in [6.07, 6.45) is 0. The fourth-order valence-electron chi connectivity index (χ4n) is 3.02. The fourth-order valence-corrected chi connectivity index (χ4v) is 4.25. The molecule has 0 fully saturated rings. The number of ether oxygens (including phenoxy) is 1. The van der Waals surface area contributed by atoms with Gasteiger partial charge in [-0.15, -0.1) is 11.3 Å². The second-order valence-electron chi connectivity index (χ2n) is 6.54. The third-order valence-corrected chi connectivity index (χ3v) is 6.59. The Hall–Kier alpha value is -2.90.